The summed E-state index contributed by atoms with van der Waals surface area (Å²) in [5.41, 5.74) is 25.3. The third-order valence-corrected chi connectivity index (χ3v) is 5.22. The largest absolute Gasteiger partial charge is 0.399 e. The normalized spacial score (nSPS) is 11.2. The van der Waals surface area contributed by atoms with Gasteiger partial charge in [0.1, 0.15) is 5.82 Å². The molecule has 14 heteroatoms. The zero-order chi connectivity index (χ0) is 27.4. The lowest BCUT2D eigenvalue weighted by Gasteiger charge is -2.13. The highest BCUT2D eigenvalue weighted by molar-refractivity contribution is 9.10. The quantitative estimate of drug-likeness (QED) is 0.158. The number of carbonyl (C=O) groups excluding carboxylic acids is 2. The molecule has 0 saturated heterocycles. The van der Waals surface area contributed by atoms with E-state index in [4.69, 9.17) is 22.9 Å². The van der Waals surface area contributed by atoms with Crippen LogP contribution in [0.4, 0.5) is 36.7 Å². The maximum absolute atomic E-state index is 13.7. The number of guanidine groups is 2. The van der Waals surface area contributed by atoms with Gasteiger partial charge in [0, 0.05) is 29.9 Å². The van der Waals surface area contributed by atoms with Gasteiger partial charge in [0.15, 0.2) is 11.9 Å². The van der Waals surface area contributed by atoms with Crippen LogP contribution in [0.25, 0.3) is 0 Å². The van der Waals surface area contributed by atoms with Crippen LogP contribution in [0.15, 0.2) is 38.7 Å². The maximum Gasteiger partial charge on any atom is 0.326 e. The highest BCUT2D eigenvalue weighted by Gasteiger charge is 2.13. The molecule has 0 atom stereocenters. The second-order valence-electron chi connectivity index (χ2n) is 7.16. The van der Waals surface area contributed by atoms with E-state index in [2.05, 4.69) is 47.2 Å². The second kappa shape index (κ2) is 14.4. The van der Waals surface area contributed by atoms with Crippen molar-refractivity contribution >= 4 is 62.7 Å². The number of anilines is 4. The van der Waals surface area contributed by atoms with Crippen molar-refractivity contribution in [3.63, 3.8) is 0 Å². The lowest BCUT2D eigenvalue weighted by atomic mass is 10.1. The first kappa shape index (κ1) is 30.0. The minimum atomic E-state index is -0.656. The van der Waals surface area contributed by atoms with Crippen LogP contribution >= 0.6 is 15.9 Å². The second-order valence-corrected chi connectivity index (χ2v) is 8.01. The topological polar surface area (TPSA) is 211 Å². The Morgan fingerprint density at radius 2 is 1.25 bits per heavy atom. The molecule has 12 N–H and O–H groups in total. The monoisotopic (exact) mass is 566 g/mol. The van der Waals surface area contributed by atoms with E-state index in [1.54, 1.807) is 12.1 Å². The van der Waals surface area contributed by atoms with E-state index in [-0.39, 0.29) is 17.6 Å². The van der Waals surface area contributed by atoms with Crippen molar-refractivity contribution in [1.82, 2.24) is 10.6 Å². The van der Waals surface area contributed by atoms with Gasteiger partial charge in [0.05, 0.1) is 11.4 Å². The zero-order valence-electron chi connectivity index (χ0n) is 20.5. The molecule has 2 rings (SSSR count). The molecule has 0 saturated carbocycles. The molecule has 0 aliphatic rings. The van der Waals surface area contributed by atoms with Gasteiger partial charge in [-0.2, -0.15) is 0 Å². The molecule has 0 aliphatic carbocycles. The van der Waals surface area contributed by atoms with Crippen molar-refractivity contribution in [2.24, 2.45) is 21.5 Å². The van der Waals surface area contributed by atoms with Crippen LogP contribution in [-0.4, -0.2) is 38.1 Å². The van der Waals surface area contributed by atoms with Crippen LogP contribution in [0.1, 0.15) is 25.0 Å². The van der Waals surface area contributed by atoms with Gasteiger partial charge in [-0.05, 0) is 64.2 Å². The molecule has 2 aromatic rings. The number of aliphatic imine (C=N–C) groups is 2. The number of nitrogens with two attached hydrogens (primary N) is 4. The third kappa shape index (κ3) is 9.29. The highest BCUT2D eigenvalue weighted by atomic mass is 79.9. The average molecular weight is 567 g/mol. The fraction of sp³-hybridized carbons (Fsp3) is 0.273. The van der Waals surface area contributed by atoms with Crippen LogP contribution < -0.4 is 44.2 Å². The summed E-state index contributed by atoms with van der Waals surface area (Å²) in [6.45, 7) is 3.81. The number of urea groups is 2. The molecule has 0 unspecified atom stereocenters. The van der Waals surface area contributed by atoms with E-state index in [1.165, 1.54) is 14.1 Å². The molecule has 0 aliphatic heterocycles. The third-order valence-electron chi connectivity index (χ3n) is 4.59. The number of hydrogen-bond acceptors (Lipinski definition) is 6. The van der Waals surface area contributed by atoms with Crippen molar-refractivity contribution in [1.29, 1.82) is 0 Å². The molecule has 196 valence electrons. The van der Waals surface area contributed by atoms with E-state index >= 15 is 0 Å². The van der Waals surface area contributed by atoms with Crippen LogP contribution in [0.5, 0.6) is 0 Å². The molecule has 0 radical (unpaired) electrons. The maximum atomic E-state index is 13.7. The number of benzene rings is 2. The molecule has 36 heavy (non-hydrogen) atoms. The van der Waals surface area contributed by atoms with Gasteiger partial charge in [-0.15, -0.1) is 0 Å². The molecular formula is C22H32BrFN10O2. The standard InChI is InChI=1S/C11H16BrN5O.C11H16FN5O/c2*1-3-6-4-7(13)5-8(12)9(6)16-11(18)17-10(14)15-2/h2*4-5H,3,13H2,1-2H3,(H4,14,15,16,17,18). The number of halogens is 2. The van der Waals surface area contributed by atoms with E-state index < -0.39 is 17.9 Å². The molecule has 0 aromatic heterocycles. The van der Waals surface area contributed by atoms with Crippen molar-refractivity contribution in [3.05, 3.63) is 45.7 Å². The summed E-state index contributed by atoms with van der Waals surface area (Å²) in [5.74, 6) is -0.590. The fourth-order valence-electron chi connectivity index (χ4n) is 2.85. The molecule has 0 spiro atoms. The first-order valence-corrected chi connectivity index (χ1v) is 11.5. The highest BCUT2D eigenvalue weighted by Crippen LogP contribution is 2.30. The minimum absolute atomic E-state index is 0.0529. The van der Waals surface area contributed by atoms with Crippen molar-refractivity contribution in [3.8, 4) is 0 Å². The van der Waals surface area contributed by atoms with E-state index in [0.717, 1.165) is 22.5 Å². The zero-order valence-corrected chi connectivity index (χ0v) is 22.1. The number of carbonyl (C=O) groups is 2. The van der Waals surface area contributed by atoms with Gasteiger partial charge < -0.3 is 33.6 Å². The minimum Gasteiger partial charge on any atom is -0.399 e. The summed E-state index contributed by atoms with van der Waals surface area (Å²) < 4.78 is 14.4. The van der Waals surface area contributed by atoms with Gasteiger partial charge in [0.2, 0.25) is 0 Å². The summed E-state index contributed by atoms with van der Waals surface area (Å²) in [7, 11) is 2.92. The van der Waals surface area contributed by atoms with Crippen LogP contribution in [0, 0.1) is 5.82 Å². The number of rotatable bonds is 4. The number of nitrogens with zero attached hydrogens (tertiary/aromatic N) is 2. The number of amides is 4. The van der Waals surface area contributed by atoms with Gasteiger partial charge >= 0.3 is 12.1 Å². The summed E-state index contributed by atoms with van der Waals surface area (Å²) >= 11 is 3.37. The summed E-state index contributed by atoms with van der Waals surface area (Å²) in [4.78, 5) is 30.4. The molecular weight excluding hydrogens is 535 g/mol. The molecule has 2 aromatic carbocycles. The smallest absolute Gasteiger partial charge is 0.326 e. The van der Waals surface area contributed by atoms with Crippen LogP contribution in [0.2, 0.25) is 0 Å². The molecule has 4 amide bonds. The van der Waals surface area contributed by atoms with Gasteiger partial charge in [-0.1, -0.05) is 13.8 Å². The van der Waals surface area contributed by atoms with E-state index in [1.807, 2.05) is 19.9 Å². The van der Waals surface area contributed by atoms with E-state index in [0.29, 0.717) is 29.0 Å². The lowest BCUT2D eigenvalue weighted by Crippen LogP contribution is -2.39. The summed E-state index contributed by atoms with van der Waals surface area (Å²) in [5, 5.41) is 9.74. The molecule has 0 heterocycles. The Labute approximate surface area is 217 Å². The fourth-order valence-corrected chi connectivity index (χ4v) is 3.46. The van der Waals surface area contributed by atoms with Gasteiger partial charge in [-0.3, -0.25) is 20.6 Å². The predicted molar refractivity (Wildman–Crippen MR) is 148 cm³/mol. The SMILES string of the molecule is CCc1cc(N)cc(Br)c1NC(=O)NC(N)=NC.CCc1cc(N)cc(F)c1NC(=O)NC(N)=NC. The summed E-state index contributed by atoms with van der Waals surface area (Å²) in [6, 6.07) is 5.20. The first-order valence-electron chi connectivity index (χ1n) is 10.7. The molecule has 0 bridgehead atoms. The van der Waals surface area contributed by atoms with Gasteiger partial charge in [-0.25, -0.2) is 14.0 Å². The van der Waals surface area contributed by atoms with Gasteiger partial charge in [0.25, 0.3) is 0 Å². The number of nitrogen functional groups attached to an aromatic ring is 2. The molecule has 0 fully saturated rings. The Kier molecular flexibility index (Phi) is 11.9. The summed E-state index contributed by atoms with van der Waals surface area (Å²) in [6.07, 6.45) is 1.28. The Bertz CT molecular complexity index is 1060. The average Bonchev–Trinajstić information content (AvgIpc) is 2.82. The Morgan fingerprint density at radius 3 is 1.69 bits per heavy atom. The Morgan fingerprint density at radius 1 is 0.833 bits per heavy atom. The van der Waals surface area contributed by atoms with Crippen molar-refractivity contribution in [2.45, 2.75) is 26.7 Å². The van der Waals surface area contributed by atoms with Crippen LogP contribution in [0.3, 0.4) is 0 Å². The lowest BCUT2D eigenvalue weighted by molar-refractivity contribution is 0.255. The number of hydrogen-bond donors (Lipinski definition) is 8. The Hall–Kier alpha value is -4.07. The number of aryl methyl sites for hydroxylation is 2. The van der Waals surface area contributed by atoms with Crippen LogP contribution in [-0.2, 0) is 12.8 Å². The van der Waals surface area contributed by atoms with Crippen molar-refractivity contribution in [2.75, 3.05) is 36.2 Å². The Balaban J connectivity index is 0.000000360. The van der Waals surface area contributed by atoms with Crippen molar-refractivity contribution < 1.29 is 14.0 Å². The molecule has 12 nitrogen and oxygen atoms in total. The number of nitrogens with one attached hydrogen (secondary N) is 4. The van der Waals surface area contributed by atoms with E-state index in [9.17, 15) is 14.0 Å². The first-order chi connectivity index (χ1) is 16.9. The predicted octanol–water partition coefficient (Wildman–Crippen LogP) is 2.70.